The number of nitrogens with one attached hydrogen (secondary N) is 2. The lowest BCUT2D eigenvalue weighted by Gasteiger charge is -2.26. The number of aromatic nitrogens is 3. The minimum atomic E-state index is -0.284. The number of nitriles is 1. The predicted octanol–water partition coefficient (Wildman–Crippen LogP) is -0.934. The molecule has 84 valence electrons. The van der Waals surface area contributed by atoms with Gasteiger partial charge >= 0.3 is 0 Å². The van der Waals surface area contributed by atoms with Gasteiger partial charge < -0.3 is 10.6 Å². The Morgan fingerprint density at radius 1 is 1.75 bits per heavy atom. The van der Waals surface area contributed by atoms with E-state index in [4.69, 9.17) is 5.26 Å². The van der Waals surface area contributed by atoms with Gasteiger partial charge in [0.1, 0.15) is 0 Å². The van der Waals surface area contributed by atoms with Gasteiger partial charge in [0, 0.05) is 19.6 Å². The highest BCUT2D eigenvalue weighted by Gasteiger charge is 2.21. The molecule has 7 heteroatoms. The molecule has 1 aromatic rings. The van der Waals surface area contributed by atoms with Crippen LogP contribution in [-0.2, 0) is 0 Å². The van der Waals surface area contributed by atoms with Crippen molar-refractivity contribution in [1.82, 2.24) is 25.6 Å². The molecule has 1 fully saturated rings. The molecular formula is C9H12N6O. The van der Waals surface area contributed by atoms with E-state index in [0.717, 1.165) is 13.1 Å². The van der Waals surface area contributed by atoms with E-state index in [1.54, 1.807) is 10.9 Å². The van der Waals surface area contributed by atoms with Gasteiger partial charge in [0.05, 0.1) is 24.7 Å². The van der Waals surface area contributed by atoms with Crippen LogP contribution in [0.1, 0.15) is 23.0 Å². The predicted molar refractivity (Wildman–Crippen MR) is 54.5 cm³/mol. The molecule has 0 atom stereocenters. The van der Waals surface area contributed by atoms with E-state index in [1.807, 2.05) is 6.07 Å². The van der Waals surface area contributed by atoms with Gasteiger partial charge in [-0.2, -0.15) is 5.26 Å². The van der Waals surface area contributed by atoms with E-state index in [2.05, 4.69) is 20.9 Å². The zero-order valence-electron chi connectivity index (χ0n) is 8.68. The van der Waals surface area contributed by atoms with E-state index >= 15 is 0 Å². The van der Waals surface area contributed by atoms with Crippen molar-refractivity contribution in [3.05, 3.63) is 11.9 Å². The Balaban J connectivity index is 1.90. The molecule has 1 aliphatic heterocycles. The molecule has 1 aliphatic rings. The third-order valence-corrected chi connectivity index (χ3v) is 2.40. The molecule has 0 aliphatic carbocycles. The van der Waals surface area contributed by atoms with Crippen molar-refractivity contribution in [2.75, 3.05) is 19.6 Å². The van der Waals surface area contributed by atoms with Crippen LogP contribution in [-0.4, -0.2) is 40.5 Å². The number of hydrogen-bond acceptors (Lipinski definition) is 5. The van der Waals surface area contributed by atoms with E-state index in [9.17, 15) is 4.79 Å². The Kier molecular flexibility index (Phi) is 3.12. The van der Waals surface area contributed by atoms with Gasteiger partial charge in [0.2, 0.25) is 0 Å². The normalized spacial score (nSPS) is 15.2. The topological polar surface area (TPSA) is 95.6 Å². The second-order valence-corrected chi connectivity index (χ2v) is 3.56. The monoisotopic (exact) mass is 220 g/mol. The maximum Gasteiger partial charge on any atom is 0.273 e. The number of rotatable bonds is 4. The lowest BCUT2D eigenvalue weighted by molar-refractivity contribution is 0.0949. The Hall–Kier alpha value is -1.94. The standard InChI is InChI=1S/C9H12N6O/c10-2-1-3-12-9(16)8-6-15(14-13-8)7-4-11-5-7/h6-7,11H,1,3-5H2,(H,12,16). The minimum Gasteiger partial charge on any atom is -0.350 e. The molecule has 0 unspecified atom stereocenters. The molecule has 1 aromatic heterocycles. The molecule has 2 N–H and O–H groups in total. The number of amides is 1. The fourth-order valence-electron chi connectivity index (χ4n) is 1.34. The van der Waals surface area contributed by atoms with E-state index in [-0.39, 0.29) is 5.91 Å². The molecule has 2 rings (SSSR count). The van der Waals surface area contributed by atoms with Crippen molar-refractivity contribution >= 4 is 5.91 Å². The smallest absolute Gasteiger partial charge is 0.273 e. The minimum absolute atomic E-state index is 0.284. The van der Waals surface area contributed by atoms with Gasteiger partial charge in [-0.1, -0.05) is 5.21 Å². The number of carbonyl (C=O) groups is 1. The van der Waals surface area contributed by atoms with Crippen LogP contribution >= 0.6 is 0 Å². The maximum atomic E-state index is 11.5. The van der Waals surface area contributed by atoms with Crippen LogP contribution < -0.4 is 10.6 Å². The molecular weight excluding hydrogens is 208 g/mol. The fourth-order valence-corrected chi connectivity index (χ4v) is 1.34. The summed E-state index contributed by atoms with van der Waals surface area (Å²) >= 11 is 0. The van der Waals surface area contributed by atoms with Crippen LogP contribution in [0.25, 0.3) is 0 Å². The van der Waals surface area contributed by atoms with Crippen LogP contribution in [0, 0.1) is 11.3 Å². The van der Waals surface area contributed by atoms with E-state index in [0.29, 0.717) is 24.7 Å². The first-order chi connectivity index (χ1) is 7.81. The lowest BCUT2D eigenvalue weighted by Crippen LogP contribution is -2.43. The first-order valence-corrected chi connectivity index (χ1v) is 5.09. The zero-order valence-corrected chi connectivity index (χ0v) is 8.68. The quantitative estimate of drug-likeness (QED) is 0.639. The summed E-state index contributed by atoms with van der Waals surface area (Å²) in [5.41, 5.74) is 0.296. The molecule has 0 aromatic carbocycles. The molecule has 1 amide bonds. The highest BCUT2D eigenvalue weighted by molar-refractivity contribution is 5.91. The highest BCUT2D eigenvalue weighted by Crippen LogP contribution is 2.09. The van der Waals surface area contributed by atoms with E-state index < -0.39 is 0 Å². The summed E-state index contributed by atoms with van der Waals surface area (Å²) in [6, 6.07) is 2.25. The molecule has 2 heterocycles. The Labute approximate surface area is 92.4 Å². The van der Waals surface area contributed by atoms with Crippen molar-refractivity contribution in [2.24, 2.45) is 0 Å². The number of nitrogens with zero attached hydrogens (tertiary/aromatic N) is 4. The van der Waals surface area contributed by atoms with Crippen molar-refractivity contribution < 1.29 is 4.79 Å². The summed E-state index contributed by atoms with van der Waals surface area (Å²) < 4.78 is 1.69. The van der Waals surface area contributed by atoms with Crippen LogP contribution in [0.4, 0.5) is 0 Å². The largest absolute Gasteiger partial charge is 0.350 e. The van der Waals surface area contributed by atoms with Crippen LogP contribution in [0.2, 0.25) is 0 Å². The van der Waals surface area contributed by atoms with Gasteiger partial charge in [0.15, 0.2) is 5.69 Å². The van der Waals surface area contributed by atoms with Crippen molar-refractivity contribution in [3.8, 4) is 6.07 Å². The summed E-state index contributed by atoms with van der Waals surface area (Å²) in [5.74, 6) is -0.284. The average Bonchev–Trinajstić information content (AvgIpc) is 2.64. The van der Waals surface area contributed by atoms with Crippen molar-refractivity contribution in [2.45, 2.75) is 12.5 Å². The average molecular weight is 220 g/mol. The van der Waals surface area contributed by atoms with Gasteiger partial charge in [-0.15, -0.1) is 5.10 Å². The van der Waals surface area contributed by atoms with Gasteiger partial charge in [-0.25, -0.2) is 4.68 Å². The molecule has 7 nitrogen and oxygen atoms in total. The Bertz CT molecular complexity index is 416. The Morgan fingerprint density at radius 3 is 3.19 bits per heavy atom. The Morgan fingerprint density at radius 2 is 2.56 bits per heavy atom. The van der Waals surface area contributed by atoms with Gasteiger partial charge in [-0.05, 0) is 0 Å². The van der Waals surface area contributed by atoms with Gasteiger partial charge in [-0.3, -0.25) is 4.79 Å². The highest BCUT2D eigenvalue weighted by atomic mass is 16.2. The third-order valence-electron chi connectivity index (χ3n) is 2.40. The summed E-state index contributed by atoms with van der Waals surface area (Å²) in [5, 5.41) is 21.7. The summed E-state index contributed by atoms with van der Waals surface area (Å²) in [4.78, 5) is 11.5. The second-order valence-electron chi connectivity index (χ2n) is 3.56. The first-order valence-electron chi connectivity index (χ1n) is 5.09. The summed E-state index contributed by atoms with van der Waals surface area (Å²) in [7, 11) is 0. The fraction of sp³-hybridized carbons (Fsp3) is 0.556. The number of hydrogen-bond donors (Lipinski definition) is 2. The lowest BCUT2D eigenvalue weighted by atomic mass is 10.2. The van der Waals surface area contributed by atoms with Crippen molar-refractivity contribution in [3.63, 3.8) is 0 Å². The van der Waals surface area contributed by atoms with Crippen LogP contribution in [0.15, 0.2) is 6.20 Å². The molecule has 16 heavy (non-hydrogen) atoms. The van der Waals surface area contributed by atoms with E-state index in [1.165, 1.54) is 0 Å². The van der Waals surface area contributed by atoms with Crippen LogP contribution in [0.3, 0.4) is 0 Å². The summed E-state index contributed by atoms with van der Waals surface area (Å²) in [6.07, 6.45) is 1.93. The molecule has 0 radical (unpaired) electrons. The second kappa shape index (κ2) is 4.72. The van der Waals surface area contributed by atoms with Gasteiger partial charge in [0.25, 0.3) is 5.91 Å². The molecule has 0 saturated carbocycles. The molecule has 1 saturated heterocycles. The number of carbonyl (C=O) groups excluding carboxylic acids is 1. The molecule has 0 bridgehead atoms. The first kappa shape index (κ1) is 10.6. The third kappa shape index (κ3) is 2.17. The SMILES string of the molecule is N#CCCNC(=O)c1cn(C2CNC2)nn1. The maximum absolute atomic E-state index is 11.5. The molecule has 0 spiro atoms. The van der Waals surface area contributed by atoms with Crippen LogP contribution in [0.5, 0.6) is 0 Å². The zero-order chi connectivity index (χ0) is 11.4. The van der Waals surface area contributed by atoms with Crippen molar-refractivity contribution in [1.29, 1.82) is 5.26 Å². The summed E-state index contributed by atoms with van der Waals surface area (Å²) in [6.45, 7) is 2.06.